The zero-order valence-electron chi connectivity index (χ0n) is 29.1. The topological polar surface area (TPSA) is 141 Å². The lowest BCUT2D eigenvalue weighted by atomic mass is 9.93. The molecule has 3 N–H and O–H groups in total. The summed E-state index contributed by atoms with van der Waals surface area (Å²) in [5, 5.41) is 22.6. The lowest BCUT2D eigenvalue weighted by Crippen LogP contribution is -2.48. The molecule has 14 heteroatoms. The Morgan fingerprint density at radius 3 is 2.47 bits per heavy atom. The van der Waals surface area contributed by atoms with Crippen molar-refractivity contribution in [2.45, 2.75) is 57.3 Å². The smallest absolute Gasteiger partial charge is 0.274 e. The number of amides is 3. The molecular formula is C37H41FN10O3. The second kappa shape index (κ2) is 12.7. The van der Waals surface area contributed by atoms with Gasteiger partial charge in [0.1, 0.15) is 5.82 Å². The standard InChI is InChI=1S/C37H41FN10O3/c1-20-33-27(16-39-48(33)24-18-47(19-24)17-22-7-5-9-26(31(22)38)37(51)45(2)3)25-8-6-10-28(34(25)46(20)4)41-29-15-30(42-35(49)21-11-12-21)43-44-32(29)36(50)40-23-13-14-23/h5-10,15-16,20-21,23-24H,11-14,17-19H2,1-4H3,(H,40,50)(H2,41,42,43,49)/t20-/m0/s1. The molecule has 0 bridgehead atoms. The van der Waals surface area contributed by atoms with E-state index in [2.05, 4.69) is 53.6 Å². The molecule has 1 atom stereocenters. The van der Waals surface area contributed by atoms with Crippen molar-refractivity contribution in [3.63, 3.8) is 0 Å². The first-order valence-electron chi connectivity index (χ1n) is 17.5. The fraction of sp³-hybridized carbons (Fsp3) is 0.405. The van der Waals surface area contributed by atoms with Crippen LogP contribution >= 0.6 is 0 Å². The monoisotopic (exact) mass is 692 g/mol. The Balaban J connectivity index is 1.04. The summed E-state index contributed by atoms with van der Waals surface area (Å²) in [6, 6.07) is 12.9. The van der Waals surface area contributed by atoms with Gasteiger partial charge < -0.3 is 25.8 Å². The summed E-state index contributed by atoms with van der Waals surface area (Å²) in [5.74, 6) is -0.933. The Kier molecular flexibility index (Phi) is 8.20. The summed E-state index contributed by atoms with van der Waals surface area (Å²) in [6.45, 7) is 3.95. The maximum absolute atomic E-state index is 15.3. The van der Waals surface area contributed by atoms with Crippen molar-refractivity contribution in [1.82, 2.24) is 35.1 Å². The summed E-state index contributed by atoms with van der Waals surface area (Å²) in [5.41, 5.74) is 6.04. The molecule has 4 aliphatic rings. The molecule has 264 valence electrons. The average molecular weight is 693 g/mol. The van der Waals surface area contributed by atoms with Gasteiger partial charge in [-0.15, -0.1) is 10.2 Å². The number of nitrogens with zero attached hydrogens (tertiary/aromatic N) is 7. The van der Waals surface area contributed by atoms with Crippen LogP contribution < -0.4 is 20.9 Å². The van der Waals surface area contributed by atoms with E-state index in [0.717, 1.165) is 53.9 Å². The highest BCUT2D eigenvalue weighted by Crippen LogP contribution is 2.49. The van der Waals surface area contributed by atoms with E-state index in [1.807, 2.05) is 25.4 Å². The van der Waals surface area contributed by atoms with Crippen LogP contribution in [0, 0.1) is 11.7 Å². The van der Waals surface area contributed by atoms with E-state index in [4.69, 9.17) is 5.10 Å². The molecular weight excluding hydrogens is 651 g/mol. The second-order valence-electron chi connectivity index (χ2n) is 14.3. The summed E-state index contributed by atoms with van der Waals surface area (Å²) >= 11 is 0. The van der Waals surface area contributed by atoms with Crippen LogP contribution in [0.1, 0.15) is 76.8 Å². The summed E-state index contributed by atoms with van der Waals surface area (Å²) in [7, 11) is 5.28. The SMILES string of the molecule is C[C@H]1c2c(cnn2C2CN(Cc3cccc(C(=O)N(C)C)c3F)C2)-c2cccc(Nc3cc(NC(=O)C4CC4)nnc3C(=O)NC3CC3)c2N1C. The molecule has 0 unspecified atom stereocenters. The molecule has 4 heterocycles. The van der Waals surface area contributed by atoms with Crippen molar-refractivity contribution >= 4 is 40.6 Å². The molecule has 13 nitrogen and oxygen atoms in total. The van der Waals surface area contributed by atoms with Gasteiger partial charge >= 0.3 is 0 Å². The molecule has 0 spiro atoms. The van der Waals surface area contributed by atoms with Crippen molar-refractivity contribution in [3.05, 3.63) is 77.0 Å². The van der Waals surface area contributed by atoms with Gasteiger partial charge in [-0.05, 0) is 44.7 Å². The fourth-order valence-corrected chi connectivity index (χ4v) is 7.00. The maximum atomic E-state index is 15.3. The van der Waals surface area contributed by atoms with Crippen molar-refractivity contribution in [2.75, 3.05) is 49.8 Å². The first-order valence-corrected chi connectivity index (χ1v) is 17.5. The first-order chi connectivity index (χ1) is 24.6. The number of likely N-dealkylation sites (tertiary alicyclic amines) is 1. The van der Waals surface area contributed by atoms with Gasteiger partial charge in [0.2, 0.25) is 5.91 Å². The molecule has 2 aromatic heterocycles. The zero-order valence-corrected chi connectivity index (χ0v) is 29.1. The van der Waals surface area contributed by atoms with Crippen LogP contribution in [0.3, 0.4) is 0 Å². The van der Waals surface area contributed by atoms with Gasteiger partial charge in [0, 0.05) is 75.5 Å². The van der Waals surface area contributed by atoms with E-state index in [0.29, 0.717) is 36.7 Å². The van der Waals surface area contributed by atoms with Crippen molar-refractivity contribution < 1.29 is 18.8 Å². The molecule has 8 rings (SSSR count). The van der Waals surface area contributed by atoms with Gasteiger partial charge in [0.05, 0.1) is 46.6 Å². The lowest BCUT2D eigenvalue weighted by molar-refractivity contribution is -0.117. The van der Waals surface area contributed by atoms with Crippen LogP contribution in [0.15, 0.2) is 48.7 Å². The fourth-order valence-electron chi connectivity index (χ4n) is 7.00. The first kappa shape index (κ1) is 32.8. The minimum absolute atomic E-state index is 0.00413. The molecule has 3 amide bonds. The van der Waals surface area contributed by atoms with E-state index in [9.17, 15) is 14.4 Å². The third kappa shape index (κ3) is 6.17. The third-order valence-corrected chi connectivity index (χ3v) is 10.3. The summed E-state index contributed by atoms with van der Waals surface area (Å²) in [4.78, 5) is 44.0. The predicted octanol–water partition coefficient (Wildman–Crippen LogP) is 4.73. The number of halogens is 1. The van der Waals surface area contributed by atoms with E-state index in [1.54, 1.807) is 32.3 Å². The summed E-state index contributed by atoms with van der Waals surface area (Å²) in [6.07, 6.45) is 5.51. The maximum Gasteiger partial charge on any atom is 0.274 e. The molecule has 2 aliphatic carbocycles. The minimum Gasteiger partial charge on any atom is -0.364 e. The molecule has 4 aromatic rings. The largest absolute Gasteiger partial charge is 0.364 e. The van der Waals surface area contributed by atoms with E-state index in [-0.39, 0.29) is 53.0 Å². The Labute approximate surface area is 295 Å². The van der Waals surface area contributed by atoms with Crippen LogP contribution in [0.2, 0.25) is 0 Å². The Morgan fingerprint density at radius 2 is 1.75 bits per heavy atom. The molecule has 2 aromatic carbocycles. The van der Waals surface area contributed by atoms with E-state index < -0.39 is 5.82 Å². The predicted molar refractivity (Wildman–Crippen MR) is 190 cm³/mol. The van der Waals surface area contributed by atoms with Gasteiger partial charge in [-0.25, -0.2) is 4.39 Å². The molecule has 51 heavy (non-hydrogen) atoms. The lowest BCUT2D eigenvalue weighted by Gasteiger charge is -2.42. The van der Waals surface area contributed by atoms with Crippen LogP contribution in [-0.2, 0) is 11.3 Å². The number of anilines is 4. The van der Waals surface area contributed by atoms with Crippen LogP contribution in [0.5, 0.6) is 0 Å². The highest BCUT2D eigenvalue weighted by atomic mass is 19.1. The molecule has 2 saturated carbocycles. The molecule has 1 saturated heterocycles. The van der Waals surface area contributed by atoms with Gasteiger partial charge in [0.25, 0.3) is 11.8 Å². The van der Waals surface area contributed by atoms with Crippen LogP contribution in [-0.4, -0.2) is 87.8 Å². The molecule has 2 aliphatic heterocycles. The van der Waals surface area contributed by atoms with Gasteiger partial charge in [0.15, 0.2) is 11.5 Å². The van der Waals surface area contributed by atoms with Crippen LogP contribution in [0.25, 0.3) is 11.1 Å². The quantitative estimate of drug-likeness (QED) is 0.215. The number of fused-ring (bicyclic) bond motifs is 3. The van der Waals surface area contributed by atoms with Crippen molar-refractivity contribution in [1.29, 1.82) is 0 Å². The Hall–Kier alpha value is -5.37. The molecule has 0 radical (unpaired) electrons. The number of nitrogens with one attached hydrogen (secondary N) is 3. The highest BCUT2D eigenvalue weighted by Gasteiger charge is 2.38. The number of hydrogen-bond acceptors (Lipinski definition) is 9. The number of carbonyl (C=O) groups is 3. The average Bonchev–Trinajstić information content (AvgIpc) is 4.04. The van der Waals surface area contributed by atoms with Gasteiger partial charge in [-0.1, -0.05) is 24.3 Å². The Bertz CT molecular complexity index is 2050. The summed E-state index contributed by atoms with van der Waals surface area (Å²) < 4.78 is 17.4. The minimum atomic E-state index is -0.468. The number of para-hydroxylation sites is 1. The number of carbonyl (C=O) groups excluding carboxylic acids is 3. The number of benzene rings is 2. The van der Waals surface area contributed by atoms with Crippen molar-refractivity contribution in [2.24, 2.45) is 5.92 Å². The second-order valence-corrected chi connectivity index (χ2v) is 14.3. The third-order valence-electron chi connectivity index (χ3n) is 10.3. The number of aromatic nitrogens is 4. The van der Waals surface area contributed by atoms with Gasteiger partial charge in [-0.2, -0.15) is 5.10 Å². The normalized spacial score (nSPS) is 18.4. The molecule has 3 fully saturated rings. The number of rotatable bonds is 10. The van der Waals surface area contributed by atoms with Crippen molar-refractivity contribution in [3.8, 4) is 11.1 Å². The van der Waals surface area contributed by atoms with Crippen LogP contribution in [0.4, 0.5) is 27.3 Å². The van der Waals surface area contributed by atoms with Gasteiger partial charge in [-0.3, -0.25) is 24.0 Å². The number of hydrogen-bond donors (Lipinski definition) is 3. The zero-order chi connectivity index (χ0) is 35.6. The van der Waals surface area contributed by atoms with E-state index >= 15 is 4.39 Å². The highest BCUT2D eigenvalue weighted by molar-refractivity contribution is 6.01. The van der Waals surface area contributed by atoms with E-state index in [1.165, 1.54) is 11.0 Å². The Morgan fingerprint density at radius 1 is 0.980 bits per heavy atom.